The molecule has 0 spiro atoms. The average molecular weight is 325 g/mol. The highest BCUT2D eigenvalue weighted by Crippen LogP contribution is 2.38. The maximum atomic E-state index is 13.2. The molecule has 120 valence electrons. The molecule has 0 aromatic heterocycles. The van der Waals surface area contributed by atoms with Gasteiger partial charge in [0.05, 0.1) is 12.7 Å². The van der Waals surface area contributed by atoms with Gasteiger partial charge in [-0.15, -0.1) is 12.4 Å². The molecule has 1 atom stereocenters. The molecule has 1 saturated heterocycles. The number of nitrogens with one attached hydrogen (secondary N) is 1. The summed E-state index contributed by atoms with van der Waals surface area (Å²) in [5, 5.41) is 3.20. The molecule has 1 aromatic rings. The smallest absolute Gasteiger partial charge is 0.416 e. The van der Waals surface area contributed by atoms with Crippen LogP contribution in [0.15, 0.2) is 18.2 Å². The molecule has 0 amide bonds. The second-order valence-corrected chi connectivity index (χ2v) is 4.91. The van der Waals surface area contributed by atoms with Gasteiger partial charge in [-0.2, -0.15) is 13.2 Å². The number of hydrogen-bond acceptors (Lipinski definition) is 3. The van der Waals surface area contributed by atoms with Gasteiger partial charge in [-0.25, -0.2) is 0 Å². The summed E-state index contributed by atoms with van der Waals surface area (Å²) in [6.07, 6.45) is -4.37. The normalized spacial score (nSPS) is 18.0. The molecule has 0 aliphatic carbocycles. The van der Waals surface area contributed by atoms with Gasteiger partial charge in [-0.1, -0.05) is 6.07 Å². The molecule has 2 rings (SSSR count). The topological polar surface area (TPSA) is 24.5 Å². The third-order valence-corrected chi connectivity index (χ3v) is 3.72. The van der Waals surface area contributed by atoms with Gasteiger partial charge in [0, 0.05) is 32.2 Å². The lowest BCUT2D eigenvalue weighted by Gasteiger charge is -2.34. The van der Waals surface area contributed by atoms with Crippen LogP contribution in [0.3, 0.4) is 0 Å². The molecule has 7 heteroatoms. The predicted octanol–water partition coefficient (Wildman–Crippen LogP) is 3.10. The van der Waals surface area contributed by atoms with Crippen LogP contribution in [0.1, 0.15) is 24.1 Å². The van der Waals surface area contributed by atoms with Crippen molar-refractivity contribution in [2.45, 2.75) is 19.1 Å². The maximum Gasteiger partial charge on any atom is 0.416 e. The first kappa shape index (κ1) is 18.1. The Morgan fingerprint density at radius 2 is 1.86 bits per heavy atom. The van der Waals surface area contributed by atoms with Crippen LogP contribution in [0, 0.1) is 0 Å². The Kier molecular flexibility index (Phi) is 6.31. The number of alkyl halides is 3. The third kappa shape index (κ3) is 4.25. The lowest BCUT2D eigenvalue weighted by atomic mass is 9.99. The maximum absolute atomic E-state index is 13.2. The van der Waals surface area contributed by atoms with Gasteiger partial charge in [0.2, 0.25) is 0 Å². The van der Waals surface area contributed by atoms with Crippen molar-refractivity contribution in [3.8, 4) is 5.75 Å². The van der Waals surface area contributed by atoms with Crippen molar-refractivity contribution in [1.29, 1.82) is 0 Å². The Morgan fingerprint density at radius 1 is 1.24 bits per heavy atom. The molecule has 0 saturated carbocycles. The zero-order valence-electron chi connectivity index (χ0n) is 12.0. The summed E-state index contributed by atoms with van der Waals surface area (Å²) in [7, 11) is 1.37. The number of methoxy groups -OCH3 is 1. The number of piperazine rings is 1. The second kappa shape index (κ2) is 7.33. The number of rotatable bonds is 3. The van der Waals surface area contributed by atoms with Crippen molar-refractivity contribution in [3.63, 3.8) is 0 Å². The predicted molar refractivity (Wildman–Crippen MR) is 78.1 cm³/mol. The molecule has 1 aromatic carbocycles. The van der Waals surface area contributed by atoms with E-state index in [1.54, 1.807) is 6.07 Å². The Labute approximate surface area is 128 Å². The minimum Gasteiger partial charge on any atom is -0.497 e. The monoisotopic (exact) mass is 324 g/mol. The van der Waals surface area contributed by atoms with Crippen LogP contribution < -0.4 is 10.1 Å². The summed E-state index contributed by atoms with van der Waals surface area (Å²) in [6.45, 7) is 4.95. The van der Waals surface area contributed by atoms with E-state index in [1.807, 2.05) is 6.92 Å². The first-order valence-corrected chi connectivity index (χ1v) is 6.63. The molecule has 0 radical (unpaired) electrons. The fourth-order valence-corrected chi connectivity index (χ4v) is 2.54. The van der Waals surface area contributed by atoms with E-state index in [-0.39, 0.29) is 24.2 Å². The molecule has 1 heterocycles. The summed E-state index contributed by atoms with van der Waals surface area (Å²) in [5.41, 5.74) is -0.303. The fourth-order valence-electron chi connectivity index (χ4n) is 2.54. The van der Waals surface area contributed by atoms with Crippen molar-refractivity contribution in [1.82, 2.24) is 10.2 Å². The fraction of sp³-hybridized carbons (Fsp3) is 0.571. The summed E-state index contributed by atoms with van der Waals surface area (Å²) in [5.74, 6) is 0.230. The zero-order chi connectivity index (χ0) is 14.8. The van der Waals surface area contributed by atoms with Gasteiger partial charge < -0.3 is 10.1 Å². The van der Waals surface area contributed by atoms with Gasteiger partial charge >= 0.3 is 6.18 Å². The summed E-state index contributed by atoms with van der Waals surface area (Å²) in [6, 6.07) is 3.92. The molecule has 21 heavy (non-hydrogen) atoms. The SMILES string of the molecule is COc1ccc([C@H](C)N2CCNCC2)c(C(F)(F)F)c1.Cl. The molecule has 0 unspecified atom stereocenters. The molecule has 0 bridgehead atoms. The Bertz CT molecular complexity index is 462. The summed E-state index contributed by atoms with van der Waals surface area (Å²) < 4.78 is 44.5. The number of ether oxygens (including phenoxy) is 1. The number of halogens is 4. The van der Waals surface area contributed by atoms with E-state index in [9.17, 15) is 13.2 Å². The highest BCUT2D eigenvalue weighted by atomic mass is 35.5. The van der Waals surface area contributed by atoms with E-state index in [0.29, 0.717) is 5.56 Å². The van der Waals surface area contributed by atoms with E-state index in [0.717, 1.165) is 32.2 Å². The van der Waals surface area contributed by atoms with Crippen LogP contribution in [-0.4, -0.2) is 38.2 Å². The largest absolute Gasteiger partial charge is 0.497 e. The van der Waals surface area contributed by atoms with Gasteiger partial charge in [-0.05, 0) is 24.6 Å². The minimum absolute atomic E-state index is 0. The molecule has 3 nitrogen and oxygen atoms in total. The van der Waals surface area contributed by atoms with E-state index < -0.39 is 11.7 Å². The number of benzene rings is 1. The Hall–Kier alpha value is -0.980. The highest BCUT2D eigenvalue weighted by Gasteiger charge is 2.36. The van der Waals surface area contributed by atoms with Crippen LogP contribution in [0.5, 0.6) is 5.75 Å². The van der Waals surface area contributed by atoms with Crippen molar-refractivity contribution < 1.29 is 17.9 Å². The standard InChI is InChI=1S/C14H19F3N2O.ClH/c1-10(19-7-5-18-6-8-19)12-4-3-11(20-2)9-13(12)14(15,16)17;/h3-4,9-10,18H,5-8H2,1-2H3;1H/t10-;/m0./s1. The molecule has 1 fully saturated rings. The van der Waals surface area contributed by atoms with Crippen molar-refractivity contribution in [2.24, 2.45) is 0 Å². The molecule has 1 N–H and O–H groups in total. The summed E-state index contributed by atoms with van der Waals surface area (Å²) in [4.78, 5) is 2.06. The minimum atomic E-state index is -4.37. The van der Waals surface area contributed by atoms with Gasteiger partial charge in [0.1, 0.15) is 5.75 Å². The zero-order valence-corrected chi connectivity index (χ0v) is 12.9. The lowest BCUT2D eigenvalue weighted by molar-refractivity contribution is -0.138. The van der Waals surface area contributed by atoms with Gasteiger partial charge in [0.15, 0.2) is 0 Å². The number of hydrogen-bond donors (Lipinski definition) is 1. The highest BCUT2D eigenvalue weighted by molar-refractivity contribution is 5.85. The molecular weight excluding hydrogens is 305 g/mol. The Morgan fingerprint density at radius 3 is 2.38 bits per heavy atom. The van der Waals surface area contributed by atoms with Crippen LogP contribution >= 0.6 is 12.4 Å². The lowest BCUT2D eigenvalue weighted by Crippen LogP contribution is -2.44. The van der Waals surface area contributed by atoms with Gasteiger partial charge in [-0.3, -0.25) is 4.90 Å². The Balaban J connectivity index is 0.00000220. The van der Waals surface area contributed by atoms with E-state index in [4.69, 9.17) is 4.74 Å². The quantitative estimate of drug-likeness (QED) is 0.924. The van der Waals surface area contributed by atoms with Crippen molar-refractivity contribution >= 4 is 12.4 Å². The third-order valence-electron chi connectivity index (χ3n) is 3.72. The number of nitrogens with zero attached hydrogens (tertiary/aromatic N) is 1. The van der Waals surface area contributed by atoms with E-state index >= 15 is 0 Å². The first-order chi connectivity index (χ1) is 9.43. The molecular formula is C14H20ClF3N2O. The van der Waals surface area contributed by atoms with Gasteiger partial charge in [0.25, 0.3) is 0 Å². The van der Waals surface area contributed by atoms with Crippen LogP contribution in [0.4, 0.5) is 13.2 Å². The molecule has 1 aliphatic rings. The van der Waals surface area contributed by atoms with Crippen LogP contribution in [0.25, 0.3) is 0 Å². The van der Waals surface area contributed by atoms with E-state index in [2.05, 4.69) is 10.2 Å². The molecule has 1 aliphatic heterocycles. The second-order valence-electron chi connectivity index (χ2n) is 4.91. The van der Waals surface area contributed by atoms with Crippen molar-refractivity contribution in [2.75, 3.05) is 33.3 Å². The van der Waals surface area contributed by atoms with E-state index in [1.165, 1.54) is 13.2 Å². The van der Waals surface area contributed by atoms with Crippen LogP contribution in [-0.2, 0) is 6.18 Å². The van der Waals surface area contributed by atoms with Crippen LogP contribution in [0.2, 0.25) is 0 Å². The average Bonchev–Trinajstić information content (AvgIpc) is 2.46. The summed E-state index contributed by atoms with van der Waals surface area (Å²) >= 11 is 0. The first-order valence-electron chi connectivity index (χ1n) is 6.63. The van der Waals surface area contributed by atoms with Crippen molar-refractivity contribution in [3.05, 3.63) is 29.3 Å².